The number of amides is 1. The number of fused-ring (bicyclic) bond motifs is 1. The number of halogens is 1. The Morgan fingerprint density at radius 1 is 1.17 bits per heavy atom. The van der Waals surface area contributed by atoms with Gasteiger partial charge in [0.05, 0.1) is 6.21 Å². The lowest BCUT2D eigenvalue weighted by molar-refractivity contribution is -0.123. The molecule has 0 aliphatic heterocycles. The van der Waals surface area contributed by atoms with Crippen LogP contribution in [0.15, 0.2) is 70.4 Å². The molecule has 0 radical (unpaired) electrons. The van der Waals surface area contributed by atoms with Gasteiger partial charge in [-0.05, 0) is 18.2 Å². The summed E-state index contributed by atoms with van der Waals surface area (Å²) < 4.78 is 6.45. The highest BCUT2D eigenvalue weighted by atomic mass is 79.9. The minimum Gasteiger partial charge on any atom is -0.481 e. The van der Waals surface area contributed by atoms with Crippen LogP contribution in [-0.4, -0.2) is 23.7 Å². The summed E-state index contributed by atoms with van der Waals surface area (Å²) >= 11 is 3.41. The molecule has 0 fully saturated rings. The summed E-state index contributed by atoms with van der Waals surface area (Å²) in [6.45, 7) is -0.136. The molecule has 2 aromatic carbocycles. The van der Waals surface area contributed by atoms with Crippen LogP contribution in [0.3, 0.4) is 0 Å². The Bertz CT molecular complexity index is 891. The fourth-order valence-electron chi connectivity index (χ4n) is 2.12. The lowest BCUT2D eigenvalue weighted by Crippen LogP contribution is -2.24. The van der Waals surface area contributed by atoms with E-state index in [1.54, 1.807) is 18.5 Å². The molecule has 6 heteroatoms. The van der Waals surface area contributed by atoms with Crippen LogP contribution in [0.2, 0.25) is 0 Å². The van der Waals surface area contributed by atoms with Gasteiger partial charge >= 0.3 is 0 Å². The predicted octanol–water partition coefficient (Wildman–Crippen LogP) is 3.53. The third-order valence-corrected chi connectivity index (χ3v) is 3.97. The number of hydrogen-bond acceptors (Lipinski definition) is 4. The first-order valence-electron chi connectivity index (χ1n) is 7.27. The van der Waals surface area contributed by atoms with Gasteiger partial charge in [-0.1, -0.05) is 52.3 Å². The Morgan fingerprint density at radius 2 is 2.00 bits per heavy atom. The van der Waals surface area contributed by atoms with E-state index in [0.29, 0.717) is 5.75 Å². The molecule has 1 amide bonds. The Hall–Kier alpha value is -2.73. The summed E-state index contributed by atoms with van der Waals surface area (Å²) in [6.07, 6.45) is 3.26. The number of ether oxygens (including phenoxy) is 1. The van der Waals surface area contributed by atoms with Crippen molar-refractivity contribution < 1.29 is 9.53 Å². The maximum Gasteiger partial charge on any atom is 0.277 e. The monoisotopic (exact) mass is 383 g/mol. The molecule has 0 saturated carbocycles. The van der Waals surface area contributed by atoms with Crippen molar-refractivity contribution in [2.45, 2.75) is 0 Å². The summed E-state index contributed by atoms with van der Waals surface area (Å²) in [5.41, 5.74) is 4.04. The van der Waals surface area contributed by atoms with Crippen LogP contribution in [0.1, 0.15) is 5.56 Å². The van der Waals surface area contributed by atoms with Crippen molar-refractivity contribution in [1.29, 1.82) is 0 Å². The fourth-order valence-corrected chi connectivity index (χ4v) is 2.51. The molecule has 5 nitrogen and oxygen atoms in total. The Morgan fingerprint density at radius 3 is 2.88 bits per heavy atom. The molecule has 24 heavy (non-hydrogen) atoms. The zero-order valence-corrected chi connectivity index (χ0v) is 14.2. The van der Waals surface area contributed by atoms with Crippen LogP contribution in [0.5, 0.6) is 5.75 Å². The van der Waals surface area contributed by atoms with Gasteiger partial charge in [0.15, 0.2) is 6.61 Å². The number of para-hydroxylation sites is 1. The number of carbonyl (C=O) groups excluding carboxylic acids is 1. The molecule has 0 aliphatic rings. The van der Waals surface area contributed by atoms with Gasteiger partial charge in [-0.15, -0.1) is 0 Å². The number of hydrazone groups is 1. The van der Waals surface area contributed by atoms with Crippen LogP contribution in [-0.2, 0) is 4.79 Å². The second-order valence-electron chi connectivity index (χ2n) is 4.93. The highest BCUT2D eigenvalue weighted by Crippen LogP contribution is 2.22. The van der Waals surface area contributed by atoms with Crippen LogP contribution in [0.25, 0.3) is 10.9 Å². The van der Waals surface area contributed by atoms with E-state index < -0.39 is 0 Å². The summed E-state index contributed by atoms with van der Waals surface area (Å²) in [7, 11) is 0. The smallest absolute Gasteiger partial charge is 0.277 e. The van der Waals surface area contributed by atoms with E-state index in [1.165, 1.54) is 0 Å². The third kappa shape index (κ3) is 3.97. The maximum atomic E-state index is 11.8. The van der Waals surface area contributed by atoms with E-state index in [-0.39, 0.29) is 12.5 Å². The molecular weight excluding hydrogens is 370 g/mol. The first-order valence-corrected chi connectivity index (χ1v) is 8.06. The molecule has 1 heterocycles. The lowest BCUT2D eigenvalue weighted by Gasteiger charge is -2.07. The van der Waals surface area contributed by atoms with E-state index in [0.717, 1.165) is 20.9 Å². The van der Waals surface area contributed by atoms with Crippen molar-refractivity contribution in [1.82, 2.24) is 10.4 Å². The second-order valence-corrected chi connectivity index (χ2v) is 5.79. The van der Waals surface area contributed by atoms with Crippen molar-refractivity contribution in [2.75, 3.05) is 6.61 Å². The molecule has 120 valence electrons. The summed E-state index contributed by atoms with van der Waals surface area (Å²) in [5, 5.41) is 4.89. The van der Waals surface area contributed by atoms with Crippen LogP contribution in [0.4, 0.5) is 0 Å². The van der Waals surface area contributed by atoms with Crippen molar-refractivity contribution in [3.8, 4) is 5.75 Å². The van der Waals surface area contributed by atoms with E-state index >= 15 is 0 Å². The van der Waals surface area contributed by atoms with Gasteiger partial charge in [0, 0.05) is 21.6 Å². The fraction of sp³-hybridized carbons (Fsp3) is 0.0556. The van der Waals surface area contributed by atoms with Crippen LogP contribution in [0, 0.1) is 0 Å². The highest BCUT2D eigenvalue weighted by Gasteiger charge is 2.06. The molecule has 3 rings (SSSR count). The van der Waals surface area contributed by atoms with Gasteiger partial charge in [-0.25, -0.2) is 5.43 Å². The average molecular weight is 384 g/mol. The van der Waals surface area contributed by atoms with Crippen molar-refractivity contribution in [3.05, 3.63) is 70.8 Å². The van der Waals surface area contributed by atoms with Gasteiger partial charge in [-0.3, -0.25) is 9.78 Å². The second kappa shape index (κ2) is 7.70. The highest BCUT2D eigenvalue weighted by molar-refractivity contribution is 9.10. The number of carbonyl (C=O) groups is 1. The molecule has 0 unspecified atom stereocenters. The summed E-state index contributed by atoms with van der Waals surface area (Å²) in [4.78, 5) is 16.1. The van der Waals surface area contributed by atoms with Gasteiger partial charge in [-0.2, -0.15) is 5.10 Å². The largest absolute Gasteiger partial charge is 0.481 e. The number of nitrogens with one attached hydrogen (secondary N) is 1. The lowest BCUT2D eigenvalue weighted by atomic mass is 10.2. The molecule has 0 bridgehead atoms. The molecule has 3 aromatic rings. The molecule has 1 N–H and O–H groups in total. The van der Waals surface area contributed by atoms with Crippen molar-refractivity contribution >= 4 is 39.0 Å². The minimum absolute atomic E-state index is 0.136. The van der Waals surface area contributed by atoms with Gasteiger partial charge in [0.2, 0.25) is 0 Å². The molecule has 0 aliphatic carbocycles. The number of rotatable bonds is 5. The van der Waals surface area contributed by atoms with E-state index in [4.69, 9.17) is 4.74 Å². The molecular formula is C18H14BrN3O2. The van der Waals surface area contributed by atoms with Crippen molar-refractivity contribution in [2.24, 2.45) is 5.10 Å². The molecule has 0 saturated heterocycles. The first-order chi connectivity index (χ1) is 11.7. The zero-order valence-electron chi connectivity index (χ0n) is 12.6. The summed E-state index contributed by atoms with van der Waals surface area (Å²) in [5.74, 6) is 0.226. The van der Waals surface area contributed by atoms with E-state index in [9.17, 15) is 4.79 Å². The SMILES string of the molecule is O=C(COc1cccc2cccnc12)N/N=C/c1ccccc1Br. The predicted molar refractivity (Wildman–Crippen MR) is 97.1 cm³/mol. The Labute approximate surface area is 147 Å². The van der Waals surface area contributed by atoms with Gasteiger partial charge < -0.3 is 4.74 Å². The molecule has 0 spiro atoms. The first kappa shape index (κ1) is 16.1. The number of pyridine rings is 1. The normalized spacial score (nSPS) is 10.9. The quantitative estimate of drug-likeness (QED) is 0.541. The minimum atomic E-state index is -0.341. The maximum absolute atomic E-state index is 11.8. The Kier molecular flexibility index (Phi) is 5.18. The van der Waals surface area contributed by atoms with Crippen LogP contribution < -0.4 is 10.2 Å². The van der Waals surface area contributed by atoms with Crippen LogP contribution >= 0.6 is 15.9 Å². The summed E-state index contributed by atoms with van der Waals surface area (Å²) in [6, 6.07) is 17.0. The molecule has 0 atom stereocenters. The topological polar surface area (TPSA) is 63.6 Å². The number of aromatic nitrogens is 1. The molecule has 1 aromatic heterocycles. The van der Waals surface area contributed by atoms with E-state index in [1.807, 2.05) is 48.5 Å². The van der Waals surface area contributed by atoms with Gasteiger partial charge in [0.25, 0.3) is 5.91 Å². The number of benzene rings is 2. The van der Waals surface area contributed by atoms with E-state index in [2.05, 4.69) is 31.4 Å². The number of nitrogens with zero attached hydrogens (tertiary/aromatic N) is 2. The van der Waals surface area contributed by atoms with Gasteiger partial charge in [0.1, 0.15) is 11.3 Å². The zero-order chi connectivity index (χ0) is 16.8. The third-order valence-electron chi connectivity index (χ3n) is 3.25. The number of hydrogen-bond donors (Lipinski definition) is 1. The Balaban J connectivity index is 1.58. The average Bonchev–Trinajstić information content (AvgIpc) is 2.61. The van der Waals surface area contributed by atoms with Crippen molar-refractivity contribution in [3.63, 3.8) is 0 Å². The standard InChI is InChI=1S/C18H14BrN3O2/c19-15-8-2-1-5-14(15)11-21-22-17(23)12-24-16-9-3-6-13-7-4-10-20-18(13)16/h1-11H,12H2,(H,22,23)/b21-11+.